The summed E-state index contributed by atoms with van der Waals surface area (Å²) >= 11 is 0. The number of aromatic nitrogens is 2. The van der Waals surface area contributed by atoms with Crippen LogP contribution in [0.5, 0.6) is 0 Å². The number of imidazole rings is 1. The predicted molar refractivity (Wildman–Crippen MR) is 72.1 cm³/mol. The summed E-state index contributed by atoms with van der Waals surface area (Å²) in [6.45, 7) is 3.99. The Hall–Kier alpha value is -2.18. The average Bonchev–Trinajstić information content (AvgIpc) is 2.76. The van der Waals surface area contributed by atoms with Crippen LogP contribution in [0.1, 0.15) is 26.3 Å². The van der Waals surface area contributed by atoms with Gasteiger partial charge in [0.2, 0.25) is 11.9 Å². The lowest BCUT2D eigenvalue weighted by atomic mass is 10.2. The smallest absolute Gasteiger partial charge is 0.242 e. The van der Waals surface area contributed by atoms with Crippen molar-refractivity contribution in [2.45, 2.75) is 26.3 Å². The summed E-state index contributed by atoms with van der Waals surface area (Å²) in [5.74, 6) is -2.40. The van der Waals surface area contributed by atoms with Crippen molar-refractivity contribution in [2.24, 2.45) is 0 Å². The Kier molecular flexibility index (Phi) is 3.87. The molecule has 0 aliphatic carbocycles. The maximum absolute atomic E-state index is 13.9. The van der Waals surface area contributed by atoms with Gasteiger partial charge >= 0.3 is 0 Å². The molecular formula is C13H16F2N4O. The molecule has 20 heavy (non-hydrogen) atoms. The zero-order valence-electron chi connectivity index (χ0n) is 11.3. The molecule has 1 atom stereocenters. The van der Waals surface area contributed by atoms with E-state index in [4.69, 9.17) is 5.73 Å². The molecule has 108 valence electrons. The number of nitrogen functional groups attached to an aromatic ring is 1. The summed E-state index contributed by atoms with van der Waals surface area (Å²) in [4.78, 5) is 15.9. The van der Waals surface area contributed by atoms with E-state index in [0.29, 0.717) is 6.54 Å². The molecule has 1 aromatic carbocycles. The SMILES string of the molecule is CCCNC(=O)C(C)n1c(N)nc2ccc(F)c(F)c21. The van der Waals surface area contributed by atoms with Crippen molar-refractivity contribution in [3.63, 3.8) is 0 Å². The lowest BCUT2D eigenvalue weighted by molar-refractivity contribution is -0.123. The number of nitrogens with zero attached hydrogens (tertiary/aromatic N) is 2. The van der Waals surface area contributed by atoms with Crippen molar-refractivity contribution in [1.82, 2.24) is 14.9 Å². The molecule has 0 saturated carbocycles. The van der Waals surface area contributed by atoms with E-state index in [9.17, 15) is 13.6 Å². The Bertz CT molecular complexity index is 653. The number of carbonyl (C=O) groups is 1. The number of benzene rings is 1. The zero-order valence-corrected chi connectivity index (χ0v) is 11.3. The first kappa shape index (κ1) is 14.2. The van der Waals surface area contributed by atoms with Gasteiger partial charge in [0.15, 0.2) is 11.6 Å². The highest BCUT2D eigenvalue weighted by Gasteiger charge is 2.23. The van der Waals surface area contributed by atoms with Gasteiger partial charge in [0.25, 0.3) is 0 Å². The van der Waals surface area contributed by atoms with Gasteiger partial charge in [-0.1, -0.05) is 6.92 Å². The molecule has 1 aromatic heterocycles. The van der Waals surface area contributed by atoms with Gasteiger partial charge in [0.05, 0.1) is 5.52 Å². The first-order valence-corrected chi connectivity index (χ1v) is 6.36. The fourth-order valence-corrected chi connectivity index (χ4v) is 2.05. The third kappa shape index (κ3) is 2.31. The topological polar surface area (TPSA) is 72.9 Å². The summed E-state index contributed by atoms with van der Waals surface area (Å²) < 4.78 is 28.5. The molecule has 0 saturated heterocycles. The number of halogens is 2. The largest absolute Gasteiger partial charge is 0.369 e. The van der Waals surface area contributed by atoms with Gasteiger partial charge in [-0.3, -0.25) is 9.36 Å². The van der Waals surface area contributed by atoms with Crippen LogP contribution in [0, 0.1) is 11.6 Å². The molecule has 0 aliphatic rings. The number of rotatable bonds is 4. The first-order valence-electron chi connectivity index (χ1n) is 6.36. The summed E-state index contributed by atoms with van der Waals surface area (Å²) in [7, 11) is 0. The number of carbonyl (C=O) groups excluding carboxylic acids is 1. The van der Waals surface area contributed by atoms with E-state index in [1.807, 2.05) is 6.92 Å². The average molecular weight is 282 g/mol. The highest BCUT2D eigenvalue weighted by molar-refractivity contribution is 5.85. The third-order valence-corrected chi connectivity index (χ3v) is 3.09. The quantitative estimate of drug-likeness (QED) is 0.900. The lowest BCUT2D eigenvalue weighted by Crippen LogP contribution is -2.32. The van der Waals surface area contributed by atoms with Crippen molar-refractivity contribution in [3.05, 3.63) is 23.8 Å². The van der Waals surface area contributed by atoms with Gasteiger partial charge in [0, 0.05) is 6.54 Å². The summed E-state index contributed by atoms with van der Waals surface area (Å²) in [6, 6.07) is 1.54. The van der Waals surface area contributed by atoms with E-state index in [2.05, 4.69) is 10.3 Å². The number of nitrogens with one attached hydrogen (secondary N) is 1. The lowest BCUT2D eigenvalue weighted by Gasteiger charge is -2.16. The fourth-order valence-electron chi connectivity index (χ4n) is 2.05. The van der Waals surface area contributed by atoms with Crippen molar-refractivity contribution < 1.29 is 13.6 Å². The molecule has 1 heterocycles. The Morgan fingerprint density at radius 2 is 2.20 bits per heavy atom. The summed E-state index contributed by atoms with van der Waals surface area (Å²) in [6.07, 6.45) is 0.779. The highest BCUT2D eigenvalue weighted by Crippen LogP contribution is 2.26. The van der Waals surface area contributed by atoms with Gasteiger partial charge in [-0.2, -0.15) is 0 Å². The maximum atomic E-state index is 13.9. The van der Waals surface area contributed by atoms with E-state index in [0.717, 1.165) is 12.5 Å². The number of fused-ring (bicyclic) bond motifs is 1. The van der Waals surface area contributed by atoms with Crippen LogP contribution in [0.2, 0.25) is 0 Å². The molecule has 7 heteroatoms. The normalized spacial score (nSPS) is 12.6. The molecule has 0 fully saturated rings. The van der Waals surface area contributed by atoms with Crippen molar-refractivity contribution in [3.8, 4) is 0 Å². The highest BCUT2D eigenvalue weighted by atomic mass is 19.2. The number of hydrogen-bond donors (Lipinski definition) is 2. The Morgan fingerprint density at radius 1 is 1.50 bits per heavy atom. The van der Waals surface area contributed by atoms with E-state index in [1.54, 1.807) is 6.92 Å². The molecule has 0 aliphatic heterocycles. The van der Waals surface area contributed by atoms with Gasteiger partial charge in [-0.05, 0) is 25.5 Å². The second-order valence-electron chi connectivity index (χ2n) is 4.54. The van der Waals surface area contributed by atoms with Crippen LogP contribution < -0.4 is 11.1 Å². The zero-order chi connectivity index (χ0) is 14.9. The molecule has 0 bridgehead atoms. The Labute approximate surface area is 114 Å². The Morgan fingerprint density at radius 3 is 2.85 bits per heavy atom. The third-order valence-electron chi connectivity index (χ3n) is 3.09. The number of nitrogens with two attached hydrogens (primary N) is 1. The van der Waals surface area contributed by atoms with Crippen molar-refractivity contribution >= 4 is 22.9 Å². The molecule has 2 aromatic rings. The Balaban J connectivity index is 2.50. The van der Waals surface area contributed by atoms with Crippen LogP contribution in [0.3, 0.4) is 0 Å². The monoisotopic (exact) mass is 282 g/mol. The van der Waals surface area contributed by atoms with E-state index in [-0.39, 0.29) is 22.9 Å². The molecular weight excluding hydrogens is 266 g/mol. The van der Waals surface area contributed by atoms with E-state index >= 15 is 0 Å². The molecule has 1 unspecified atom stereocenters. The second kappa shape index (κ2) is 5.44. The van der Waals surface area contributed by atoms with Gasteiger partial charge < -0.3 is 11.1 Å². The van der Waals surface area contributed by atoms with Crippen molar-refractivity contribution in [1.29, 1.82) is 0 Å². The minimum Gasteiger partial charge on any atom is -0.369 e. The molecule has 0 radical (unpaired) electrons. The minimum absolute atomic E-state index is 0.0244. The van der Waals surface area contributed by atoms with Crippen LogP contribution in [0.25, 0.3) is 11.0 Å². The maximum Gasteiger partial charge on any atom is 0.242 e. The fraction of sp³-hybridized carbons (Fsp3) is 0.385. The van der Waals surface area contributed by atoms with E-state index in [1.165, 1.54) is 10.6 Å². The number of anilines is 1. The number of hydrogen-bond acceptors (Lipinski definition) is 3. The number of amides is 1. The summed E-state index contributed by atoms with van der Waals surface area (Å²) in [5.41, 5.74) is 5.85. The molecule has 5 nitrogen and oxygen atoms in total. The molecule has 1 amide bonds. The van der Waals surface area contributed by atoms with Crippen LogP contribution in [-0.4, -0.2) is 22.0 Å². The first-order chi connectivity index (χ1) is 9.47. The standard InChI is InChI=1S/C13H16F2N4O/c1-3-6-17-12(20)7(2)19-11-9(18-13(19)16)5-4-8(14)10(11)15/h4-5,7H,3,6H2,1-2H3,(H2,16,18)(H,17,20). The van der Waals surface area contributed by atoms with Crippen LogP contribution in [0.4, 0.5) is 14.7 Å². The summed E-state index contributed by atoms with van der Waals surface area (Å²) in [5, 5.41) is 2.69. The van der Waals surface area contributed by atoms with Crippen LogP contribution in [0.15, 0.2) is 12.1 Å². The predicted octanol–water partition coefficient (Wildman–Crippen LogP) is 1.98. The van der Waals surface area contributed by atoms with Crippen LogP contribution in [-0.2, 0) is 4.79 Å². The van der Waals surface area contributed by atoms with Gasteiger partial charge in [0.1, 0.15) is 11.6 Å². The molecule has 2 rings (SSSR count). The second-order valence-corrected chi connectivity index (χ2v) is 4.54. The van der Waals surface area contributed by atoms with Gasteiger partial charge in [-0.15, -0.1) is 0 Å². The van der Waals surface area contributed by atoms with Crippen LogP contribution >= 0.6 is 0 Å². The minimum atomic E-state index is -1.05. The van der Waals surface area contributed by atoms with E-state index < -0.39 is 17.7 Å². The molecule has 3 N–H and O–H groups in total. The van der Waals surface area contributed by atoms with Gasteiger partial charge in [-0.25, -0.2) is 13.8 Å². The molecule has 0 spiro atoms. The van der Waals surface area contributed by atoms with Crippen molar-refractivity contribution in [2.75, 3.05) is 12.3 Å².